The molecule has 6 heteroatoms. The van der Waals surface area contributed by atoms with Crippen molar-refractivity contribution in [3.63, 3.8) is 0 Å². The number of benzene rings is 1. The monoisotopic (exact) mass is 238 g/mol. The van der Waals surface area contributed by atoms with Crippen molar-refractivity contribution in [2.45, 2.75) is 6.54 Å². The zero-order chi connectivity index (χ0) is 12.4. The van der Waals surface area contributed by atoms with Gasteiger partial charge >= 0.3 is 0 Å². The second kappa shape index (κ2) is 4.50. The minimum absolute atomic E-state index is 0.0355. The second-order valence-corrected chi connectivity index (χ2v) is 3.72. The Balaban J connectivity index is 2.16. The van der Waals surface area contributed by atoms with Crippen LogP contribution in [0.2, 0.25) is 0 Å². The maximum Gasteiger partial charge on any atom is 0.255 e. The van der Waals surface area contributed by atoms with Gasteiger partial charge in [0.2, 0.25) is 0 Å². The maximum absolute atomic E-state index is 13.2. The molecule has 1 heterocycles. The first-order valence-electron chi connectivity index (χ1n) is 5.03. The molecular weight excluding hydrogens is 227 g/mol. The third-order valence-electron chi connectivity index (χ3n) is 2.46. The lowest BCUT2D eigenvalue weighted by Crippen LogP contribution is -2.45. The molecule has 1 aromatic carbocycles. The largest absolute Gasteiger partial charge is 0.396 e. The molecule has 0 radical (unpaired) electrons. The normalized spacial score (nSPS) is 16.4. The number of halogens is 1. The number of hydrogen-bond acceptors (Lipinski definition) is 4. The number of amides is 2. The molecule has 2 N–H and O–H groups in total. The molecule has 2 amide bonds. The van der Waals surface area contributed by atoms with Gasteiger partial charge in [-0.05, 0) is 17.7 Å². The number of anilines is 1. The smallest absolute Gasteiger partial charge is 0.255 e. The van der Waals surface area contributed by atoms with Crippen LogP contribution in [0, 0.1) is 5.82 Å². The number of rotatable bonds is 2. The average Bonchev–Trinajstić information content (AvgIpc) is 2.28. The summed E-state index contributed by atoms with van der Waals surface area (Å²) in [6.07, 6.45) is 0. The molecular formula is C11H11FN2O3. The van der Waals surface area contributed by atoms with E-state index in [0.29, 0.717) is 5.56 Å². The molecule has 17 heavy (non-hydrogen) atoms. The highest BCUT2D eigenvalue weighted by Gasteiger charge is 2.26. The van der Waals surface area contributed by atoms with E-state index in [1.165, 1.54) is 12.1 Å². The number of carbonyl (C=O) groups is 2. The van der Waals surface area contributed by atoms with Gasteiger partial charge in [-0.3, -0.25) is 14.5 Å². The van der Waals surface area contributed by atoms with Crippen LogP contribution in [-0.2, 0) is 20.9 Å². The zero-order valence-electron chi connectivity index (χ0n) is 8.98. The molecule has 1 saturated heterocycles. The molecule has 0 saturated carbocycles. The van der Waals surface area contributed by atoms with Crippen molar-refractivity contribution in [3.05, 3.63) is 29.6 Å². The van der Waals surface area contributed by atoms with E-state index in [9.17, 15) is 14.0 Å². The molecule has 0 aliphatic carbocycles. The molecule has 0 aromatic heterocycles. The van der Waals surface area contributed by atoms with E-state index in [-0.39, 0.29) is 25.4 Å². The summed E-state index contributed by atoms with van der Waals surface area (Å²) < 4.78 is 18.0. The number of carbonyl (C=O) groups excluding carboxylic acids is 2. The van der Waals surface area contributed by atoms with Crippen molar-refractivity contribution < 1.29 is 18.7 Å². The van der Waals surface area contributed by atoms with E-state index in [2.05, 4.69) is 0 Å². The molecule has 0 spiro atoms. The Morgan fingerprint density at radius 1 is 1.29 bits per heavy atom. The molecule has 2 rings (SSSR count). The lowest BCUT2D eigenvalue weighted by molar-refractivity contribution is -0.159. The number of hydrogen-bond donors (Lipinski definition) is 1. The van der Waals surface area contributed by atoms with Crippen molar-refractivity contribution in [2.24, 2.45) is 0 Å². The fraction of sp³-hybridized carbons (Fsp3) is 0.273. The van der Waals surface area contributed by atoms with Gasteiger partial charge in [-0.15, -0.1) is 0 Å². The highest BCUT2D eigenvalue weighted by atomic mass is 19.1. The molecule has 0 atom stereocenters. The van der Waals surface area contributed by atoms with Crippen LogP contribution in [0.1, 0.15) is 5.56 Å². The first-order chi connectivity index (χ1) is 8.08. The Bertz CT molecular complexity index is 460. The Morgan fingerprint density at radius 2 is 1.94 bits per heavy atom. The van der Waals surface area contributed by atoms with E-state index < -0.39 is 17.6 Å². The number of nitrogen functional groups attached to an aromatic ring is 1. The van der Waals surface area contributed by atoms with Gasteiger partial charge in [0.15, 0.2) is 0 Å². The van der Waals surface area contributed by atoms with E-state index in [0.717, 1.165) is 4.90 Å². The third-order valence-corrected chi connectivity index (χ3v) is 2.46. The van der Waals surface area contributed by atoms with Crippen LogP contribution < -0.4 is 5.73 Å². The molecule has 1 aromatic rings. The van der Waals surface area contributed by atoms with Crippen LogP contribution in [0.25, 0.3) is 0 Å². The molecule has 90 valence electrons. The summed E-state index contributed by atoms with van der Waals surface area (Å²) in [4.78, 5) is 23.9. The van der Waals surface area contributed by atoms with Crippen LogP contribution in [0.3, 0.4) is 0 Å². The van der Waals surface area contributed by atoms with Gasteiger partial charge in [0, 0.05) is 0 Å². The lowest BCUT2D eigenvalue weighted by Gasteiger charge is -2.24. The minimum atomic E-state index is -0.560. The van der Waals surface area contributed by atoms with Gasteiger partial charge in [-0.25, -0.2) is 4.39 Å². The Kier molecular flexibility index (Phi) is 3.06. The van der Waals surface area contributed by atoms with Gasteiger partial charge < -0.3 is 10.5 Å². The quantitative estimate of drug-likeness (QED) is 0.594. The fourth-order valence-corrected chi connectivity index (χ4v) is 1.55. The van der Waals surface area contributed by atoms with Crippen molar-refractivity contribution in [2.75, 3.05) is 18.9 Å². The SMILES string of the molecule is Nc1ccc(CN2C(=O)COCC2=O)cc1F. The van der Waals surface area contributed by atoms with Gasteiger partial charge in [0.1, 0.15) is 19.0 Å². The van der Waals surface area contributed by atoms with E-state index in [1.807, 2.05) is 0 Å². The summed E-state index contributed by atoms with van der Waals surface area (Å²) in [7, 11) is 0. The number of imide groups is 1. The molecule has 1 aliphatic rings. The van der Waals surface area contributed by atoms with E-state index >= 15 is 0 Å². The Labute approximate surface area is 97.0 Å². The summed E-state index contributed by atoms with van der Waals surface area (Å²) >= 11 is 0. The summed E-state index contributed by atoms with van der Waals surface area (Å²) in [5.41, 5.74) is 5.88. The molecule has 1 fully saturated rings. The second-order valence-electron chi connectivity index (χ2n) is 3.72. The van der Waals surface area contributed by atoms with Crippen molar-refractivity contribution in [1.82, 2.24) is 4.90 Å². The van der Waals surface area contributed by atoms with Crippen LogP contribution in [0.4, 0.5) is 10.1 Å². The summed E-state index contributed by atoms with van der Waals surface area (Å²) in [6, 6.07) is 4.19. The van der Waals surface area contributed by atoms with Crippen LogP contribution >= 0.6 is 0 Å². The van der Waals surface area contributed by atoms with Gasteiger partial charge in [-0.2, -0.15) is 0 Å². The molecule has 0 bridgehead atoms. The van der Waals surface area contributed by atoms with Crippen LogP contribution in [0.15, 0.2) is 18.2 Å². The van der Waals surface area contributed by atoms with Gasteiger partial charge in [0.05, 0.1) is 12.2 Å². The first kappa shape index (κ1) is 11.5. The summed E-state index contributed by atoms with van der Waals surface area (Å²) in [5.74, 6) is -1.40. The molecule has 5 nitrogen and oxygen atoms in total. The summed E-state index contributed by atoms with van der Waals surface area (Å²) in [6.45, 7) is -0.204. The lowest BCUT2D eigenvalue weighted by atomic mass is 10.2. The van der Waals surface area contributed by atoms with Crippen LogP contribution in [-0.4, -0.2) is 29.9 Å². The average molecular weight is 238 g/mol. The van der Waals surface area contributed by atoms with E-state index in [4.69, 9.17) is 10.5 Å². The predicted octanol–water partition coefficient (Wildman–Crippen LogP) is 0.293. The maximum atomic E-state index is 13.2. The van der Waals surface area contributed by atoms with Crippen molar-refractivity contribution in [1.29, 1.82) is 0 Å². The topological polar surface area (TPSA) is 72.6 Å². The van der Waals surface area contributed by atoms with Crippen LogP contribution in [0.5, 0.6) is 0 Å². The molecule has 0 unspecified atom stereocenters. The van der Waals surface area contributed by atoms with Crippen molar-refractivity contribution >= 4 is 17.5 Å². The number of ether oxygens (including phenoxy) is 1. The van der Waals surface area contributed by atoms with E-state index in [1.54, 1.807) is 6.07 Å². The number of nitrogens with zero attached hydrogens (tertiary/aromatic N) is 1. The Morgan fingerprint density at radius 3 is 2.53 bits per heavy atom. The fourth-order valence-electron chi connectivity index (χ4n) is 1.55. The zero-order valence-corrected chi connectivity index (χ0v) is 8.98. The van der Waals surface area contributed by atoms with Gasteiger partial charge in [0.25, 0.3) is 11.8 Å². The highest BCUT2D eigenvalue weighted by molar-refractivity contribution is 5.98. The van der Waals surface area contributed by atoms with Gasteiger partial charge in [-0.1, -0.05) is 6.07 Å². The Hall–Kier alpha value is -1.95. The first-order valence-corrected chi connectivity index (χ1v) is 5.03. The highest BCUT2D eigenvalue weighted by Crippen LogP contribution is 2.15. The molecule has 1 aliphatic heterocycles. The number of morpholine rings is 1. The standard InChI is InChI=1S/C11H11FN2O3/c12-8-3-7(1-2-9(8)13)4-14-10(15)5-17-6-11(14)16/h1-3H,4-6,13H2. The van der Waals surface area contributed by atoms with Crippen molar-refractivity contribution in [3.8, 4) is 0 Å². The predicted molar refractivity (Wildman–Crippen MR) is 57.2 cm³/mol. The minimum Gasteiger partial charge on any atom is -0.396 e. The third kappa shape index (κ3) is 2.42. The summed E-state index contributed by atoms with van der Waals surface area (Å²) in [5, 5.41) is 0. The number of nitrogens with two attached hydrogens (primary N) is 1.